The second-order valence-corrected chi connectivity index (χ2v) is 5.46. The predicted molar refractivity (Wildman–Crippen MR) is 88.3 cm³/mol. The van der Waals surface area contributed by atoms with Crippen LogP contribution in [0.3, 0.4) is 0 Å². The van der Waals surface area contributed by atoms with Crippen LogP contribution in [0.5, 0.6) is 5.75 Å². The van der Waals surface area contributed by atoms with Gasteiger partial charge in [0, 0.05) is 5.56 Å². The Morgan fingerprint density at radius 1 is 1.00 bits per heavy atom. The third-order valence-corrected chi connectivity index (χ3v) is 3.66. The van der Waals surface area contributed by atoms with Gasteiger partial charge in [0.15, 0.2) is 0 Å². The SMILES string of the molecule is COc1ccc(-c2noc([C@@H](c3ccccc3)N(C)C)n2)cc1. The van der Waals surface area contributed by atoms with Gasteiger partial charge in [0.1, 0.15) is 11.8 Å². The van der Waals surface area contributed by atoms with Gasteiger partial charge in [-0.05, 0) is 43.9 Å². The molecular formula is C18H19N3O2. The van der Waals surface area contributed by atoms with Crippen molar-refractivity contribution in [3.05, 3.63) is 66.1 Å². The topological polar surface area (TPSA) is 51.4 Å². The summed E-state index contributed by atoms with van der Waals surface area (Å²) in [6.07, 6.45) is 0. The number of ether oxygens (including phenoxy) is 1. The standard InChI is InChI=1S/C18H19N3O2/c1-21(2)16(13-7-5-4-6-8-13)18-19-17(20-23-18)14-9-11-15(22-3)12-10-14/h4-12,16H,1-3H3/t16-/m1/s1. The Bertz CT molecular complexity index is 751. The Kier molecular flexibility index (Phi) is 4.39. The molecule has 5 nitrogen and oxygen atoms in total. The summed E-state index contributed by atoms with van der Waals surface area (Å²) in [7, 11) is 5.63. The van der Waals surface area contributed by atoms with E-state index in [1.165, 1.54) is 0 Å². The third kappa shape index (κ3) is 3.24. The first-order chi connectivity index (χ1) is 11.2. The van der Waals surface area contributed by atoms with Gasteiger partial charge in [-0.3, -0.25) is 4.90 Å². The molecule has 0 N–H and O–H groups in total. The highest BCUT2D eigenvalue weighted by Crippen LogP contribution is 2.27. The molecule has 3 aromatic rings. The Labute approximate surface area is 135 Å². The van der Waals surface area contributed by atoms with Gasteiger partial charge in [0.05, 0.1) is 7.11 Å². The van der Waals surface area contributed by atoms with E-state index in [0.717, 1.165) is 16.9 Å². The monoisotopic (exact) mass is 309 g/mol. The van der Waals surface area contributed by atoms with Crippen LogP contribution in [0.25, 0.3) is 11.4 Å². The average Bonchev–Trinajstić information content (AvgIpc) is 3.05. The van der Waals surface area contributed by atoms with E-state index >= 15 is 0 Å². The smallest absolute Gasteiger partial charge is 0.248 e. The quantitative estimate of drug-likeness (QED) is 0.723. The van der Waals surface area contributed by atoms with Gasteiger partial charge >= 0.3 is 0 Å². The van der Waals surface area contributed by atoms with Crippen molar-refractivity contribution in [1.82, 2.24) is 15.0 Å². The van der Waals surface area contributed by atoms with Crippen molar-refractivity contribution >= 4 is 0 Å². The van der Waals surface area contributed by atoms with Gasteiger partial charge in [-0.2, -0.15) is 4.98 Å². The molecule has 5 heteroatoms. The molecule has 1 atom stereocenters. The molecule has 118 valence electrons. The molecular weight excluding hydrogens is 290 g/mol. The lowest BCUT2D eigenvalue weighted by Gasteiger charge is -2.20. The van der Waals surface area contributed by atoms with Crippen molar-refractivity contribution in [2.75, 3.05) is 21.2 Å². The second-order valence-electron chi connectivity index (χ2n) is 5.46. The lowest BCUT2D eigenvalue weighted by atomic mass is 10.1. The number of methoxy groups -OCH3 is 1. The lowest BCUT2D eigenvalue weighted by Crippen LogP contribution is -2.21. The molecule has 0 unspecified atom stereocenters. The number of nitrogens with zero attached hydrogens (tertiary/aromatic N) is 3. The number of rotatable bonds is 5. The van der Waals surface area contributed by atoms with Crippen LogP contribution >= 0.6 is 0 Å². The summed E-state index contributed by atoms with van der Waals surface area (Å²) in [5, 5.41) is 4.12. The number of hydrogen-bond acceptors (Lipinski definition) is 5. The van der Waals surface area contributed by atoms with Crippen LogP contribution in [0.15, 0.2) is 59.1 Å². The highest BCUT2D eigenvalue weighted by Gasteiger charge is 2.23. The zero-order valence-corrected chi connectivity index (χ0v) is 13.4. The van der Waals surface area contributed by atoms with Crippen molar-refractivity contribution < 1.29 is 9.26 Å². The van der Waals surface area contributed by atoms with Crippen molar-refractivity contribution in [3.63, 3.8) is 0 Å². The molecule has 0 bridgehead atoms. The molecule has 0 aliphatic carbocycles. The van der Waals surface area contributed by atoms with Crippen LogP contribution < -0.4 is 4.74 Å². The molecule has 0 radical (unpaired) electrons. The first-order valence-corrected chi connectivity index (χ1v) is 7.38. The first-order valence-electron chi connectivity index (χ1n) is 7.38. The Morgan fingerprint density at radius 3 is 2.30 bits per heavy atom. The summed E-state index contributed by atoms with van der Waals surface area (Å²) in [5.74, 6) is 1.95. The van der Waals surface area contributed by atoms with Gasteiger partial charge in [0.25, 0.3) is 0 Å². The van der Waals surface area contributed by atoms with Crippen molar-refractivity contribution in [3.8, 4) is 17.1 Å². The summed E-state index contributed by atoms with van der Waals surface area (Å²) < 4.78 is 10.7. The fraction of sp³-hybridized carbons (Fsp3) is 0.222. The van der Waals surface area contributed by atoms with Crippen LogP contribution in [0.2, 0.25) is 0 Å². The van der Waals surface area contributed by atoms with Crippen molar-refractivity contribution in [2.45, 2.75) is 6.04 Å². The number of benzene rings is 2. The molecule has 1 aromatic heterocycles. The molecule has 0 amide bonds. The molecule has 3 rings (SSSR count). The van der Waals surface area contributed by atoms with E-state index in [4.69, 9.17) is 9.26 Å². The van der Waals surface area contributed by atoms with Crippen LogP contribution in [0.4, 0.5) is 0 Å². The molecule has 0 spiro atoms. The average molecular weight is 309 g/mol. The summed E-state index contributed by atoms with van der Waals surface area (Å²) in [6.45, 7) is 0. The molecule has 2 aromatic carbocycles. The van der Waals surface area contributed by atoms with E-state index in [1.807, 2.05) is 56.6 Å². The van der Waals surface area contributed by atoms with Gasteiger partial charge in [0.2, 0.25) is 11.7 Å². The highest BCUT2D eigenvalue weighted by atomic mass is 16.5. The maximum atomic E-state index is 5.52. The third-order valence-electron chi connectivity index (χ3n) is 3.66. The largest absolute Gasteiger partial charge is 0.497 e. The van der Waals surface area contributed by atoms with E-state index in [0.29, 0.717) is 11.7 Å². The van der Waals surface area contributed by atoms with Crippen LogP contribution in [-0.4, -0.2) is 36.2 Å². The first kappa shape index (κ1) is 15.2. The Balaban J connectivity index is 1.92. The van der Waals surface area contributed by atoms with E-state index < -0.39 is 0 Å². The summed E-state index contributed by atoms with van der Waals surface area (Å²) in [4.78, 5) is 6.63. The molecule has 0 fully saturated rings. The fourth-order valence-electron chi connectivity index (χ4n) is 2.50. The maximum absolute atomic E-state index is 5.52. The maximum Gasteiger partial charge on any atom is 0.248 e. The Hall–Kier alpha value is -2.66. The zero-order valence-electron chi connectivity index (χ0n) is 13.4. The predicted octanol–water partition coefficient (Wildman–Crippen LogP) is 3.40. The van der Waals surface area contributed by atoms with Gasteiger partial charge < -0.3 is 9.26 Å². The Morgan fingerprint density at radius 2 is 1.70 bits per heavy atom. The fourth-order valence-corrected chi connectivity index (χ4v) is 2.50. The van der Waals surface area contributed by atoms with E-state index in [1.54, 1.807) is 7.11 Å². The molecule has 0 saturated heterocycles. The van der Waals surface area contributed by atoms with Gasteiger partial charge in [-0.1, -0.05) is 35.5 Å². The molecule has 0 saturated carbocycles. The molecule has 23 heavy (non-hydrogen) atoms. The van der Waals surface area contributed by atoms with E-state index in [-0.39, 0.29) is 6.04 Å². The summed E-state index contributed by atoms with van der Waals surface area (Å²) in [5.41, 5.74) is 2.01. The zero-order chi connectivity index (χ0) is 16.2. The highest BCUT2D eigenvalue weighted by molar-refractivity contribution is 5.55. The minimum absolute atomic E-state index is 0.0734. The minimum atomic E-state index is -0.0734. The second kappa shape index (κ2) is 6.62. The molecule has 1 heterocycles. The van der Waals surface area contributed by atoms with Crippen LogP contribution in [0.1, 0.15) is 17.5 Å². The molecule has 0 aliphatic rings. The van der Waals surface area contributed by atoms with Crippen LogP contribution in [0, 0.1) is 0 Å². The van der Waals surface area contributed by atoms with Crippen molar-refractivity contribution in [1.29, 1.82) is 0 Å². The summed E-state index contributed by atoms with van der Waals surface area (Å²) >= 11 is 0. The summed E-state index contributed by atoms with van der Waals surface area (Å²) in [6, 6.07) is 17.6. The number of hydrogen-bond donors (Lipinski definition) is 0. The number of aromatic nitrogens is 2. The van der Waals surface area contributed by atoms with Gasteiger partial charge in [-0.15, -0.1) is 0 Å². The lowest BCUT2D eigenvalue weighted by molar-refractivity contribution is 0.261. The normalized spacial score (nSPS) is 12.3. The van der Waals surface area contributed by atoms with Gasteiger partial charge in [-0.25, -0.2) is 0 Å². The van der Waals surface area contributed by atoms with Crippen LogP contribution in [-0.2, 0) is 0 Å². The van der Waals surface area contributed by atoms with Crippen molar-refractivity contribution in [2.24, 2.45) is 0 Å². The molecule has 0 aliphatic heterocycles. The minimum Gasteiger partial charge on any atom is -0.497 e. The van der Waals surface area contributed by atoms with E-state index in [2.05, 4.69) is 27.2 Å². The van der Waals surface area contributed by atoms with E-state index in [9.17, 15) is 0 Å².